The molecule has 3 aromatic carbocycles. The van der Waals surface area contributed by atoms with Crippen molar-refractivity contribution < 1.29 is 17.6 Å². The van der Waals surface area contributed by atoms with E-state index in [2.05, 4.69) is 5.32 Å². The maximum absolute atomic E-state index is 13.9. The van der Waals surface area contributed by atoms with Gasteiger partial charge in [-0.15, -0.1) is 0 Å². The SMILES string of the molecule is Cc1ccc(S(=O)(=O)N2Cc3ccccc3C[C@H]2C(=O)Nc2ccc(C)c(F)c2)cc1. The molecular weight excluding hydrogens is 415 g/mol. The summed E-state index contributed by atoms with van der Waals surface area (Å²) in [6, 6.07) is 17.5. The number of carbonyl (C=O) groups is 1. The fourth-order valence-corrected chi connectivity index (χ4v) is 5.28. The molecule has 0 spiro atoms. The molecule has 1 aliphatic rings. The van der Waals surface area contributed by atoms with Gasteiger partial charge in [-0.25, -0.2) is 12.8 Å². The predicted molar refractivity (Wildman–Crippen MR) is 118 cm³/mol. The predicted octanol–water partition coefficient (Wildman–Crippen LogP) is 4.20. The van der Waals surface area contributed by atoms with Gasteiger partial charge < -0.3 is 5.32 Å². The van der Waals surface area contributed by atoms with Crippen molar-refractivity contribution in [3.05, 3.63) is 94.8 Å². The van der Waals surface area contributed by atoms with E-state index in [0.717, 1.165) is 16.7 Å². The lowest BCUT2D eigenvalue weighted by molar-refractivity contribution is -0.120. The molecule has 7 heteroatoms. The Bertz CT molecular complexity index is 1240. The van der Waals surface area contributed by atoms with Crippen LogP contribution in [0.1, 0.15) is 22.3 Å². The van der Waals surface area contributed by atoms with Crippen LogP contribution in [0, 0.1) is 19.7 Å². The lowest BCUT2D eigenvalue weighted by Crippen LogP contribution is -2.50. The zero-order chi connectivity index (χ0) is 22.2. The number of amides is 1. The third-order valence-corrected chi connectivity index (χ3v) is 7.44. The van der Waals surface area contributed by atoms with Crippen molar-refractivity contribution in [2.75, 3.05) is 5.32 Å². The molecule has 1 aliphatic heterocycles. The van der Waals surface area contributed by atoms with Crippen molar-refractivity contribution in [1.82, 2.24) is 4.31 Å². The summed E-state index contributed by atoms with van der Waals surface area (Å²) in [6.07, 6.45) is 0.238. The summed E-state index contributed by atoms with van der Waals surface area (Å²) in [5.74, 6) is -0.927. The van der Waals surface area contributed by atoms with Crippen molar-refractivity contribution in [3.63, 3.8) is 0 Å². The number of carbonyl (C=O) groups excluding carboxylic acids is 1. The van der Waals surface area contributed by atoms with Gasteiger partial charge in [-0.05, 0) is 61.2 Å². The molecule has 0 saturated heterocycles. The number of aryl methyl sites for hydroxylation is 2. The fraction of sp³-hybridized carbons (Fsp3) is 0.208. The molecule has 160 valence electrons. The third-order valence-electron chi connectivity index (χ3n) is 5.58. The van der Waals surface area contributed by atoms with Gasteiger partial charge >= 0.3 is 0 Å². The van der Waals surface area contributed by atoms with E-state index in [1.165, 1.54) is 10.4 Å². The molecule has 4 rings (SSSR count). The molecule has 3 aromatic rings. The van der Waals surface area contributed by atoms with Crippen LogP contribution in [0.25, 0.3) is 0 Å². The number of anilines is 1. The number of fused-ring (bicyclic) bond motifs is 1. The van der Waals surface area contributed by atoms with Gasteiger partial charge in [-0.3, -0.25) is 4.79 Å². The van der Waals surface area contributed by atoms with Gasteiger partial charge in [-0.1, -0.05) is 48.0 Å². The van der Waals surface area contributed by atoms with Crippen molar-refractivity contribution in [2.24, 2.45) is 0 Å². The van der Waals surface area contributed by atoms with Crippen molar-refractivity contribution >= 4 is 21.6 Å². The Balaban J connectivity index is 1.71. The molecule has 0 unspecified atom stereocenters. The van der Waals surface area contributed by atoms with Crippen LogP contribution < -0.4 is 5.32 Å². The van der Waals surface area contributed by atoms with Gasteiger partial charge in [0.2, 0.25) is 15.9 Å². The van der Waals surface area contributed by atoms with Crippen LogP contribution in [0.5, 0.6) is 0 Å². The fourth-order valence-electron chi connectivity index (χ4n) is 3.72. The maximum atomic E-state index is 13.9. The molecule has 5 nitrogen and oxygen atoms in total. The smallest absolute Gasteiger partial charge is 0.244 e. The molecule has 1 atom stereocenters. The Kier molecular flexibility index (Phi) is 5.64. The number of hydrogen-bond acceptors (Lipinski definition) is 3. The van der Waals surface area contributed by atoms with Gasteiger partial charge in [0.05, 0.1) is 4.90 Å². The molecular formula is C24H23FN2O3S. The second-order valence-electron chi connectivity index (χ2n) is 7.81. The molecule has 0 aliphatic carbocycles. The largest absolute Gasteiger partial charge is 0.325 e. The molecule has 1 amide bonds. The molecule has 0 saturated carbocycles. The van der Waals surface area contributed by atoms with E-state index in [1.54, 1.807) is 43.3 Å². The molecule has 0 fully saturated rings. The van der Waals surface area contributed by atoms with Gasteiger partial charge in [0.15, 0.2) is 0 Å². The first-order valence-electron chi connectivity index (χ1n) is 9.98. The Morgan fingerprint density at radius 1 is 1.00 bits per heavy atom. The van der Waals surface area contributed by atoms with Gasteiger partial charge in [0, 0.05) is 12.2 Å². The number of hydrogen-bond donors (Lipinski definition) is 1. The lowest BCUT2D eigenvalue weighted by Gasteiger charge is -2.35. The molecule has 1 N–H and O–H groups in total. The Morgan fingerprint density at radius 2 is 1.68 bits per heavy atom. The molecule has 31 heavy (non-hydrogen) atoms. The highest BCUT2D eigenvalue weighted by Gasteiger charge is 2.39. The van der Waals surface area contributed by atoms with Crippen LogP contribution in [0.2, 0.25) is 0 Å². The van der Waals surface area contributed by atoms with E-state index < -0.39 is 27.8 Å². The monoisotopic (exact) mass is 438 g/mol. The van der Waals surface area contributed by atoms with E-state index in [4.69, 9.17) is 0 Å². The van der Waals surface area contributed by atoms with Gasteiger partial charge in [-0.2, -0.15) is 4.31 Å². The van der Waals surface area contributed by atoms with Crippen LogP contribution in [-0.2, 0) is 27.8 Å². The van der Waals surface area contributed by atoms with E-state index in [9.17, 15) is 17.6 Å². The standard InChI is InChI=1S/C24H23FN2O3S/c1-16-7-11-21(12-8-16)31(29,30)27-15-19-6-4-3-5-18(19)13-23(27)24(28)26-20-10-9-17(2)22(25)14-20/h3-12,14,23H,13,15H2,1-2H3,(H,26,28)/t23-/m0/s1. The topological polar surface area (TPSA) is 66.5 Å². The number of benzene rings is 3. The average molecular weight is 439 g/mol. The highest BCUT2D eigenvalue weighted by atomic mass is 32.2. The van der Waals surface area contributed by atoms with Gasteiger partial charge in [0.25, 0.3) is 0 Å². The van der Waals surface area contributed by atoms with Gasteiger partial charge in [0.1, 0.15) is 11.9 Å². The van der Waals surface area contributed by atoms with Crippen LogP contribution in [0.4, 0.5) is 10.1 Å². The molecule has 0 radical (unpaired) electrons. The van der Waals surface area contributed by atoms with Crippen LogP contribution in [0.3, 0.4) is 0 Å². The van der Waals surface area contributed by atoms with Crippen molar-refractivity contribution in [1.29, 1.82) is 0 Å². The van der Waals surface area contributed by atoms with E-state index in [-0.39, 0.29) is 17.9 Å². The second-order valence-corrected chi connectivity index (χ2v) is 9.70. The van der Waals surface area contributed by atoms with Crippen molar-refractivity contribution in [2.45, 2.75) is 37.8 Å². The summed E-state index contributed by atoms with van der Waals surface area (Å²) in [6.45, 7) is 3.60. The first kappa shape index (κ1) is 21.2. The summed E-state index contributed by atoms with van der Waals surface area (Å²) >= 11 is 0. The molecule has 0 aromatic heterocycles. The minimum atomic E-state index is -3.92. The zero-order valence-corrected chi connectivity index (χ0v) is 18.1. The zero-order valence-electron chi connectivity index (χ0n) is 17.3. The minimum absolute atomic E-state index is 0.0900. The Hall–Kier alpha value is -3.03. The normalized spacial score (nSPS) is 16.5. The van der Waals surface area contributed by atoms with Crippen molar-refractivity contribution in [3.8, 4) is 0 Å². The number of rotatable bonds is 4. The highest BCUT2D eigenvalue weighted by Crippen LogP contribution is 2.30. The average Bonchev–Trinajstić information content (AvgIpc) is 2.75. The van der Waals surface area contributed by atoms with E-state index in [0.29, 0.717) is 11.3 Å². The first-order valence-corrected chi connectivity index (χ1v) is 11.4. The number of nitrogens with zero attached hydrogens (tertiary/aromatic N) is 1. The summed E-state index contributed by atoms with van der Waals surface area (Å²) in [5, 5.41) is 2.69. The summed E-state index contributed by atoms with van der Waals surface area (Å²) in [5.41, 5.74) is 3.49. The van der Waals surface area contributed by atoms with Crippen LogP contribution in [-0.4, -0.2) is 24.7 Å². The maximum Gasteiger partial charge on any atom is 0.244 e. The van der Waals surface area contributed by atoms with E-state index >= 15 is 0 Å². The third kappa shape index (κ3) is 4.24. The number of nitrogens with one attached hydrogen (secondary N) is 1. The summed E-state index contributed by atoms with van der Waals surface area (Å²) < 4.78 is 42.1. The molecule has 0 bridgehead atoms. The highest BCUT2D eigenvalue weighted by molar-refractivity contribution is 7.89. The quantitative estimate of drug-likeness (QED) is 0.664. The lowest BCUT2D eigenvalue weighted by atomic mass is 9.95. The summed E-state index contributed by atoms with van der Waals surface area (Å²) in [7, 11) is -3.92. The number of halogens is 1. The Morgan fingerprint density at radius 3 is 2.35 bits per heavy atom. The van der Waals surface area contributed by atoms with Crippen LogP contribution >= 0.6 is 0 Å². The first-order chi connectivity index (χ1) is 14.8. The second kappa shape index (κ2) is 8.24. The number of sulfonamides is 1. The minimum Gasteiger partial charge on any atom is -0.325 e. The van der Waals surface area contributed by atoms with E-state index in [1.807, 2.05) is 31.2 Å². The van der Waals surface area contributed by atoms with Crippen LogP contribution in [0.15, 0.2) is 71.6 Å². The Labute approximate surface area is 181 Å². The summed E-state index contributed by atoms with van der Waals surface area (Å²) in [4.78, 5) is 13.3. The molecule has 1 heterocycles.